The summed E-state index contributed by atoms with van der Waals surface area (Å²) in [7, 11) is 0. The molecule has 1 heterocycles. The van der Waals surface area contributed by atoms with Crippen LogP contribution in [0.2, 0.25) is 0 Å². The molecule has 0 saturated carbocycles. The monoisotopic (exact) mass is 893 g/mol. The van der Waals surface area contributed by atoms with E-state index in [9.17, 15) is 0 Å². The molecule has 330 valence electrons. The summed E-state index contributed by atoms with van der Waals surface area (Å²) in [6.07, 6.45) is 0. The minimum Gasteiger partial charge on any atom is -0.453 e. The summed E-state index contributed by atoms with van der Waals surface area (Å²) in [5.41, 5.74) is 21.5. The standard InChI is InChI=1S/C68H47NO/c1-67(2)60-28-16-14-26-54(60)56-38-35-51(42-62(56)67)69(52-36-39-57-55-27-15-17-29-61(55)68(63(57)43-52,49-21-8-4-9-22-49)50-23-10-5-11-24-50)64-41-48(46-32-30-45(31-33-46)44-18-6-3-7-19-44)40-59-58-37-34-47-20-12-13-25-53(47)65(58)70-66(59)64/h3-43H,1-2H3. The molecule has 0 aliphatic heterocycles. The maximum Gasteiger partial charge on any atom is 0.159 e. The van der Waals surface area contributed by atoms with Gasteiger partial charge in [-0.25, -0.2) is 0 Å². The summed E-state index contributed by atoms with van der Waals surface area (Å²) in [4.78, 5) is 2.48. The highest BCUT2D eigenvalue weighted by Crippen LogP contribution is 2.58. The number of hydrogen-bond acceptors (Lipinski definition) is 2. The number of nitrogens with zero attached hydrogens (tertiary/aromatic N) is 1. The van der Waals surface area contributed by atoms with Gasteiger partial charge in [0.05, 0.1) is 11.1 Å². The number of fused-ring (bicyclic) bond motifs is 11. The molecule has 14 rings (SSSR count). The first-order chi connectivity index (χ1) is 34.5. The first-order valence-electron chi connectivity index (χ1n) is 24.4. The number of benzene rings is 11. The largest absolute Gasteiger partial charge is 0.453 e. The van der Waals surface area contributed by atoms with Crippen molar-refractivity contribution in [1.82, 2.24) is 0 Å². The van der Waals surface area contributed by atoms with Crippen LogP contribution in [-0.4, -0.2) is 0 Å². The third kappa shape index (κ3) is 5.87. The van der Waals surface area contributed by atoms with Gasteiger partial charge >= 0.3 is 0 Å². The van der Waals surface area contributed by atoms with Crippen molar-refractivity contribution in [3.05, 3.63) is 282 Å². The molecule has 0 N–H and O–H groups in total. The summed E-state index contributed by atoms with van der Waals surface area (Å²) in [6.45, 7) is 4.74. The number of furan rings is 1. The Bertz CT molecular complexity index is 3970. The quantitative estimate of drug-likeness (QED) is 0.158. The number of rotatable bonds is 7. The average molecular weight is 894 g/mol. The molecule has 0 bridgehead atoms. The van der Waals surface area contributed by atoms with Gasteiger partial charge in [0.15, 0.2) is 5.58 Å². The Kier molecular flexibility index (Phi) is 8.88. The highest BCUT2D eigenvalue weighted by Gasteiger charge is 2.46. The van der Waals surface area contributed by atoms with Crippen LogP contribution in [0, 0.1) is 0 Å². The predicted octanol–water partition coefficient (Wildman–Crippen LogP) is 18.2. The molecular formula is C68H47NO. The molecular weight excluding hydrogens is 847 g/mol. The molecule has 70 heavy (non-hydrogen) atoms. The van der Waals surface area contributed by atoms with Gasteiger partial charge in [-0.3, -0.25) is 0 Å². The molecule has 0 saturated heterocycles. The lowest BCUT2D eigenvalue weighted by Gasteiger charge is -2.35. The maximum atomic E-state index is 7.35. The van der Waals surface area contributed by atoms with Gasteiger partial charge in [-0.2, -0.15) is 0 Å². The molecule has 0 unspecified atom stereocenters. The highest BCUT2D eigenvalue weighted by molar-refractivity contribution is 6.18. The predicted molar refractivity (Wildman–Crippen MR) is 292 cm³/mol. The SMILES string of the molecule is CC1(C)c2ccccc2-c2ccc(N(c3ccc4c(c3)C(c3ccccc3)(c3ccccc3)c3ccccc3-4)c3cc(-c4ccc(-c5ccccc5)cc4)cc4c3oc3c5ccccc5ccc43)cc21. The van der Waals surface area contributed by atoms with Crippen LogP contribution in [0.5, 0.6) is 0 Å². The summed E-state index contributed by atoms with van der Waals surface area (Å²) in [5, 5.41) is 4.43. The van der Waals surface area contributed by atoms with E-state index in [4.69, 9.17) is 4.42 Å². The zero-order valence-electron chi connectivity index (χ0n) is 39.0. The van der Waals surface area contributed by atoms with Crippen LogP contribution in [0.4, 0.5) is 17.1 Å². The third-order valence-corrected chi connectivity index (χ3v) is 15.5. The van der Waals surface area contributed by atoms with E-state index >= 15 is 0 Å². The number of hydrogen-bond donors (Lipinski definition) is 0. The van der Waals surface area contributed by atoms with Gasteiger partial charge in [0.1, 0.15) is 5.58 Å². The minimum absolute atomic E-state index is 0.209. The van der Waals surface area contributed by atoms with Crippen LogP contribution >= 0.6 is 0 Å². The molecule has 0 amide bonds. The van der Waals surface area contributed by atoms with Crippen LogP contribution in [0.3, 0.4) is 0 Å². The summed E-state index contributed by atoms with van der Waals surface area (Å²) in [6, 6.07) is 91.8. The smallest absolute Gasteiger partial charge is 0.159 e. The van der Waals surface area contributed by atoms with E-state index in [1.165, 1.54) is 66.8 Å². The van der Waals surface area contributed by atoms with Gasteiger partial charge in [0.2, 0.25) is 0 Å². The van der Waals surface area contributed by atoms with E-state index < -0.39 is 5.41 Å². The average Bonchev–Trinajstić information content (AvgIpc) is 4.03. The fourth-order valence-electron chi connectivity index (χ4n) is 12.2. The molecule has 0 radical (unpaired) electrons. The first kappa shape index (κ1) is 40.4. The fourth-order valence-corrected chi connectivity index (χ4v) is 12.2. The van der Waals surface area contributed by atoms with Gasteiger partial charge in [-0.05, 0) is 126 Å². The van der Waals surface area contributed by atoms with Crippen molar-refractivity contribution in [1.29, 1.82) is 0 Å². The minimum atomic E-state index is -0.576. The Morgan fingerprint density at radius 2 is 0.843 bits per heavy atom. The normalized spacial score (nSPS) is 13.8. The zero-order chi connectivity index (χ0) is 46.6. The molecule has 2 aliphatic rings. The zero-order valence-corrected chi connectivity index (χ0v) is 39.0. The van der Waals surface area contributed by atoms with Crippen LogP contribution < -0.4 is 4.90 Å². The Morgan fingerprint density at radius 1 is 0.329 bits per heavy atom. The van der Waals surface area contributed by atoms with Crippen molar-refractivity contribution in [3.8, 4) is 44.5 Å². The fraction of sp³-hybridized carbons (Fsp3) is 0.0588. The van der Waals surface area contributed by atoms with Crippen molar-refractivity contribution in [2.75, 3.05) is 4.90 Å². The van der Waals surface area contributed by atoms with Crippen LogP contribution in [0.25, 0.3) is 77.2 Å². The second-order valence-corrected chi connectivity index (χ2v) is 19.6. The molecule has 0 spiro atoms. The highest BCUT2D eigenvalue weighted by atomic mass is 16.3. The molecule has 12 aromatic rings. The van der Waals surface area contributed by atoms with Crippen molar-refractivity contribution < 1.29 is 4.42 Å². The van der Waals surface area contributed by atoms with Gasteiger partial charge < -0.3 is 9.32 Å². The summed E-state index contributed by atoms with van der Waals surface area (Å²) in [5.74, 6) is 0. The summed E-state index contributed by atoms with van der Waals surface area (Å²) >= 11 is 0. The lowest BCUT2D eigenvalue weighted by molar-refractivity contribution is 0.660. The molecule has 11 aromatic carbocycles. The van der Waals surface area contributed by atoms with Crippen LogP contribution in [0.15, 0.2) is 253 Å². The van der Waals surface area contributed by atoms with Gasteiger partial charge in [-0.1, -0.05) is 220 Å². The number of anilines is 3. The lowest BCUT2D eigenvalue weighted by atomic mass is 9.67. The summed E-state index contributed by atoms with van der Waals surface area (Å²) < 4.78 is 7.35. The van der Waals surface area contributed by atoms with Crippen molar-refractivity contribution in [2.45, 2.75) is 24.7 Å². The second kappa shape index (κ2) is 15.4. The molecule has 2 nitrogen and oxygen atoms in total. The first-order valence-corrected chi connectivity index (χ1v) is 24.4. The van der Waals surface area contributed by atoms with E-state index in [1.54, 1.807) is 0 Å². The topological polar surface area (TPSA) is 16.4 Å². The Balaban J connectivity index is 1.08. The van der Waals surface area contributed by atoms with E-state index in [1.807, 2.05) is 0 Å². The van der Waals surface area contributed by atoms with E-state index in [0.717, 1.165) is 60.9 Å². The van der Waals surface area contributed by atoms with Crippen molar-refractivity contribution in [3.63, 3.8) is 0 Å². The molecule has 2 aliphatic carbocycles. The molecule has 0 fully saturated rings. The van der Waals surface area contributed by atoms with Crippen LogP contribution in [0.1, 0.15) is 47.2 Å². The Labute approximate surface area is 408 Å². The third-order valence-electron chi connectivity index (χ3n) is 15.5. The van der Waals surface area contributed by atoms with Crippen molar-refractivity contribution >= 4 is 49.8 Å². The molecule has 2 heteroatoms. The Morgan fingerprint density at radius 3 is 1.53 bits per heavy atom. The van der Waals surface area contributed by atoms with E-state index in [2.05, 4.69) is 267 Å². The van der Waals surface area contributed by atoms with Gasteiger partial charge in [-0.15, -0.1) is 0 Å². The van der Waals surface area contributed by atoms with Gasteiger partial charge in [0.25, 0.3) is 0 Å². The van der Waals surface area contributed by atoms with Crippen LogP contribution in [-0.2, 0) is 10.8 Å². The Hall–Kier alpha value is -8.72. The second-order valence-electron chi connectivity index (χ2n) is 19.6. The van der Waals surface area contributed by atoms with Gasteiger partial charge in [0, 0.05) is 32.9 Å². The van der Waals surface area contributed by atoms with Crippen molar-refractivity contribution in [2.24, 2.45) is 0 Å². The molecule has 1 aromatic heterocycles. The lowest BCUT2D eigenvalue weighted by Crippen LogP contribution is -2.28. The van der Waals surface area contributed by atoms with E-state index in [-0.39, 0.29) is 5.41 Å². The molecule has 0 atom stereocenters. The van der Waals surface area contributed by atoms with E-state index in [0.29, 0.717) is 0 Å². The maximum absolute atomic E-state index is 7.35.